The summed E-state index contributed by atoms with van der Waals surface area (Å²) in [7, 11) is -3.62. The summed E-state index contributed by atoms with van der Waals surface area (Å²) in [6.07, 6.45) is 5.05. The molecule has 1 heterocycles. The molecule has 1 amide bonds. The molecule has 8 nitrogen and oxygen atoms in total. The monoisotopic (exact) mass is 454 g/mol. The number of anilines is 1. The number of hydrogen-bond donors (Lipinski definition) is 1. The van der Waals surface area contributed by atoms with Crippen molar-refractivity contribution < 1.29 is 17.9 Å². The number of imidazole rings is 1. The minimum atomic E-state index is -3.62. The van der Waals surface area contributed by atoms with E-state index >= 15 is 0 Å². The maximum absolute atomic E-state index is 12.7. The third kappa shape index (κ3) is 5.24. The second-order valence-electron chi connectivity index (χ2n) is 6.87. The van der Waals surface area contributed by atoms with Crippen LogP contribution in [0, 0.1) is 0 Å². The summed E-state index contributed by atoms with van der Waals surface area (Å²) in [5.74, 6) is 0.0876. The number of para-hydroxylation sites is 1. The van der Waals surface area contributed by atoms with E-state index < -0.39 is 15.9 Å². The number of carbonyl (C=O) groups is 1. The number of carbonyl (C=O) groups excluding carboxylic acids is 1. The summed E-state index contributed by atoms with van der Waals surface area (Å²) >= 11 is 0. The van der Waals surface area contributed by atoms with Gasteiger partial charge in [-0.05, 0) is 30.3 Å². The van der Waals surface area contributed by atoms with Crippen LogP contribution in [0.25, 0.3) is 5.70 Å². The molecule has 0 saturated heterocycles. The Morgan fingerprint density at radius 1 is 1.16 bits per heavy atom. The van der Waals surface area contributed by atoms with E-state index in [2.05, 4.69) is 16.9 Å². The number of sulfonamides is 1. The Labute approximate surface area is 188 Å². The topological polar surface area (TPSA) is 93.5 Å². The van der Waals surface area contributed by atoms with Gasteiger partial charge in [-0.25, -0.2) is 13.4 Å². The number of ether oxygens (including phenoxy) is 1. The molecule has 168 valence electrons. The zero-order chi connectivity index (χ0) is 23.1. The highest BCUT2D eigenvalue weighted by Gasteiger charge is 2.22. The Bertz CT molecular complexity index is 1190. The lowest BCUT2D eigenvalue weighted by molar-refractivity contribution is -0.118. The lowest BCUT2D eigenvalue weighted by Gasteiger charge is -2.19. The molecule has 0 aliphatic rings. The van der Waals surface area contributed by atoms with E-state index in [0.29, 0.717) is 30.2 Å². The Hall–Kier alpha value is -3.43. The van der Waals surface area contributed by atoms with Crippen molar-refractivity contribution in [2.24, 2.45) is 0 Å². The van der Waals surface area contributed by atoms with Gasteiger partial charge in [0, 0.05) is 36.7 Å². The predicted molar refractivity (Wildman–Crippen MR) is 124 cm³/mol. The highest BCUT2D eigenvalue weighted by Crippen LogP contribution is 2.26. The Balaban J connectivity index is 1.69. The number of aromatic nitrogens is 2. The third-order valence-electron chi connectivity index (χ3n) is 4.83. The summed E-state index contributed by atoms with van der Waals surface area (Å²) in [5, 5.41) is 2.69. The molecule has 1 aromatic heterocycles. The van der Waals surface area contributed by atoms with Crippen LogP contribution in [0.15, 0.2) is 78.7 Å². The normalized spacial score (nSPS) is 11.3. The van der Waals surface area contributed by atoms with Gasteiger partial charge in [0.05, 0.1) is 16.9 Å². The zero-order valence-corrected chi connectivity index (χ0v) is 18.9. The first-order valence-electron chi connectivity index (χ1n) is 10.2. The second kappa shape index (κ2) is 10.3. The van der Waals surface area contributed by atoms with Crippen LogP contribution in [0.5, 0.6) is 5.75 Å². The lowest BCUT2D eigenvalue weighted by Crippen LogP contribution is -2.30. The van der Waals surface area contributed by atoms with Crippen LogP contribution in [-0.4, -0.2) is 47.9 Å². The van der Waals surface area contributed by atoms with Gasteiger partial charge in [-0.15, -0.1) is 0 Å². The number of hydrogen-bond acceptors (Lipinski definition) is 5. The van der Waals surface area contributed by atoms with E-state index in [0.717, 1.165) is 5.56 Å². The molecule has 32 heavy (non-hydrogen) atoms. The number of nitrogens with zero attached hydrogens (tertiary/aromatic N) is 3. The first-order valence-corrected chi connectivity index (χ1v) is 11.6. The molecule has 0 radical (unpaired) electrons. The molecular weight excluding hydrogens is 428 g/mol. The number of rotatable bonds is 10. The zero-order valence-electron chi connectivity index (χ0n) is 18.1. The largest absolute Gasteiger partial charge is 0.483 e. The fourth-order valence-corrected chi connectivity index (χ4v) is 4.68. The average molecular weight is 455 g/mol. The summed E-state index contributed by atoms with van der Waals surface area (Å²) in [6.45, 7) is 8.11. The fraction of sp³-hybridized carbons (Fsp3) is 0.217. The van der Waals surface area contributed by atoms with E-state index in [1.807, 2.05) is 12.1 Å². The maximum Gasteiger partial charge on any atom is 0.262 e. The van der Waals surface area contributed by atoms with Gasteiger partial charge in [-0.1, -0.05) is 38.6 Å². The molecule has 3 rings (SSSR count). The first-order chi connectivity index (χ1) is 15.4. The van der Waals surface area contributed by atoms with E-state index in [1.54, 1.807) is 61.4 Å². The molecule has 0 fully saturated rings. The van der Waals surface area contributed by atoms with Crippen molar-refractivity contribution in [2.45, 2.75) is 18.7 Å². The van der Waals surface area contributed by atoms with Crippen molar-refractivity contribution in [3.8, 4) is 5.75 Å². The van der Waals surface area contributed by atoms with Crippen LogP contribution >= 0.6 is 0 Å². The Morgan fingerprint density at radius 2 is 1.91 bits per heavy atom. The van der Waals surface area contributed by atoms with Crippen molar-refractivity contribution in [1.82, 2.24) is 13.9 Å². The molecule has 0 spiro atoms. The molecule has 0 aliphatic heterocycles. The van der Waals surface area contributed by atoms with Gasteiger partial charge in [-0.3, -0.25) is 4.79 Å². The Kier molecular flexibility index (Phi) is 7.45. The molecule has 1 N–H and O–H groups in total. The van der Waals surface area contributed by atoms with Crippen molar-refractivity contribution in [3.63, 3.8) is 0 Å². The van der Waals surface area contributed by atoms with Gasteiger partial charge in [-0.2, -0.15) is 4.31 Å². The van der Waals surface area contributed by atoms with Crippen molar-refractivity contribution in [1.29, 1.82) is 0 Å². The van der Waals surface area contributed by atoms with Crippen molar-refractivity contribution in [2.75, 3.05) is 25.0 Å². The van der Waals surface area contributed by atoms with Crippen LogP contribution in [0.1, 0.15) is 19.4 Å². The standard InChI is InChI=1S/C23H26N4O4S/c1-4-27(5-2)32(29,30)20-10-8-9-19(15-20)25-23(28)16-31-22-12-7-6-11-21(22)18(3)26-14-13-24-17-26/h6-15,17H,3-5,16H2,1-2H3,(H,25,28). The van der Waals surface area contributed by atoms with Crippen LogP contribution in [-0.2, 0) is 14.8 Å². The van der Waals surface area contributed by atoms with E-state index in [1.165, 1.54) is 16.4 Å². The van der Waals surface area contributed by atoms with Gasteiger partial charge in [0.25, 0.3) is 5.91 Å². The van der Waals surface area contributed by atoms with Gasteiger partial charge < -0.3 is 14.6 Å². The number of amides is 1. The Morgan fingerprint density at radius 3 is 2.59 bits per heavy atom. The maximum atomic E-state index is 12.7. The molecular formula is C23H26N4O4S. The smallest absolute Gasteiger partial charge is 0.262 e. The van der Waals surface area contributed by atoms with Crippen LogP contribution < -0.4 is 10.1 Å². The lowest BCUT2D eigenvalue weighted by atomic mass is 10.1. The molecule has 0 saturated carbocycles. The average Bonchev–Trinajstić information content (AvgIpc) is 3.33. The third-order valence-corrected chi connectivity index (χ3v) is 6.88. The first kappa shape index (κ1) is 23.2. The molecule has 2 aromatic carbocycles. The molecule has 0 atom stereocenters. The SMILES string of the molecule is C=C(c1ccccc1OCC(=O)Nc1cccc(S(=O)(=O)N(CC)CC)c1)n1ccnc1. The molecule has 0 unspecified atom stereocenters. The molecule has 3 aromatic rings. The van der Waals surface area contributed by atoms with Crippen molar-refractivity contribution >= 4 is 27.3 Å². The predicted octanol–water partition coefficient (Wildman–Crippen LogP) is 3.45. The van der Waals surface area contributed by atoms with Crippen LogP contribution in [0.3, 0.4) is 0 Å². The number of benzene rings is 2. The minimum absolute atomic E-state index is 0.127. The highest BCUT2D eigenvalue weighted by molar-refractivity contribution is 7.89. The molecule has 0 aliphatic carbocycles. The second-order valence-corrected chi connectivity index (χ2v) is 8.80. The number of nitrogens with one attached hydrogen (secondary N) is 1. The van der Waals surface area contributed by atoms with Gasteiger partial charge in [0.2, 0.25) is 10.0 Å². The van der Waals surface area contributed by atoms with E-state index in [9.17, 15) is 13.2 Å². The molecule has 0 bridgehead atoms. The summed E-state index contributed by atoms with van der Waals surface area (Å²) in [5.41, 5.74) is 1.77. The van der Waals surface area contributed by atoms with Gasteiger partial charge >= 0.3 is 0 Å². The molecule has 9 heteroatoms. The minimum Gasteiger partial charge on any atom is -0.483 e. The van der Waals surface area contributed by atoms with E-state index in [4.69, 9.17) is 4.74 Å². The fourth-order valence-electron chi connectivity index (χ4n) is 3.18. The summed E-state index contributed by atoms with van der Waals surface area (Å²) < 4.78 is 34.3. The summed E-state index contributed by atoms with van der Waals surface area (Å²) in [4.78, 5) is 16.6. The summed E-state index contributed by atoms with van der Waals surface area (Å²) in [6, 6.07) is 13.4. The van der Waals surface area contributed by atoms with E-state index in [-0.39, 0.29) is 11.5 Å². The van der Waals surface area contributed by atoms with Gasteiger partial charge in [0.1, 0.15) is 5.75 Å². The van der Waals surface area contributed by atoms with Gasteiger partial charge in [0.15, 0.2) is 6.61 Å². The quantitative estimate of drug-likeness (QED) is 0.506. The highest BCUT2D eigenvalue weighted by atomic mass is 32.2. The van der Waals surface area contributed by atoms with Crippen molar-refractivity contribution in [3.05, 3.63) is 79.4 Å². The van der Waals surface area contributed by atoms with Crippen LogP contribution in [0.4, 0.5) is 5.69 Å². The van der Waals surface area contributed by atoms with Crippen LogP contribution in [0.2, 0.25) is 0 Å².